The molecule has 1 aliphatic heterocycles. The van der Waals surface area contributed by atoms with Crippen molar-refractivity contribution in [3.05, 3.63) is 29.3 Å². The molecule has 106 valence electrons. The molecule has 0 radical (unpaired) electrons. The number of piperidine rings is 1. The zero-order chi connectivity index (χ0) is 14.1. The maximum atomic E-state index is 11.2. The Morgan fingerprint density at radius 3 is 3.05 bits per heavy atom. The van der Waals surface area contributed by atoms with Gasteiger partial charge in [-0.15, -0.1) is 11.3 Å². The van der Waals surface area contributed by atoms with Gasteiger partial charge in [-0.25, -0.2) is 4.98 Å². The van der Waals surface area contributed by atoms with Gasteiger partial charge >= 0.3 is 5.97 Å². The Balaban J connectivity index is 1.80. The summed E-state index contributed by atoms with van der Waals surface area (Å²) in [4.78, 5) is 18.1. The number of carboxylic acid groups (broad SMARTS) is 1. The second-order valence-electron chi connectivity index (χ2n) is 5.37. The number of hydrogen-bond donors (Lipinski definition) is 1. The molecule has 1 aromatic heterocycles. The number of thiazole rings is 1. The highest BCUT2D eigenvalue weighted by Gasteiger charge is 2.29. The van der Waals surface area contributed by atoms with Crippen LogP contribution in [-0.4, -0.2) is 34.0 Å². The summed E-state index contributed by atoms with van der Waals surface area (Å²) in [6.45, 7) is 3.72. The molecule has 2 aromatic rings. The summed E-state index contributed by atoms with van der Waals surface area (Å²) in [6, 6.07) is 8.32. The van der Waals surface area contributed by atoms with Crippen molar-refractivity contribution in [3.63, 3.8) is 0 Å². The minimum absolute atomic E-state index is 0.189. The monoisotopic (exact) mass is 290 g/mol. The van der Waals surface area contributed by atoms with E-state index in [-0.39, 0.29) is 12.0 Å². The standard InChI is InChI=1S/C15H18N2O2S/c1-10(17-8-4-5-11(9-17)15(18)19)14-16-12-6-2-3-7-13(12)20-14/h2-3,6-7,10-11H,4-5,8-9H2,1H3,(H,18,19). The third kappa shape index (κ3) is 2.55. The Morgan fingerprint density at radius 1 is 1.50 bits per heavy atom. The number of likely N-dealkylation sites (tertiary alicyclic amines) is 1. The average molecular weight is 290 g/mol. The van der Waals surface area contributed by atoms with E-state index in [1.165, 1.54) is 4.70 Å². The normalized spacial score (nSPS) is 21.9. The molecule has 0 saturated carbocycles. The Hall–Kier alpha value is -1.46. The molecule has 5 heteroatoms. The molecule has 0 amide bonds. The molecule has 2 heterocycles. The highest BCUT2D eigenvalue weighted by atomic mass is 32.1. The molecule has 0 bridgehead atoms. The smallest absolute Gasteiger partial charge is 0.307 e. The summed E-state index contributed by atoms with van der Waals surface area (Å²) in [7, 11) is 0. The van der Waals surface area contributed by atoms with Crippen molar-refractivity contribution < 1.29 is 9.90 Å². The quantitative estimate of drug-likeness (QED) is 0.943. The number of carbonyl (C=O) groups is 1. The summed E-state index contributed by atoms with van der Waals surface area (Å²) in [5.74, 6) is -0.910. The third-order valence-corrected chi connectivity index (χ3v) is 5.22. The topological polar surface area (TPSA) is 53.4 Å². The number of fused-ring (bicyclic) bond motifs is 1. The van der Waals surface area contributed by atoms with Crippen LogP contribution in [0.3, 0.4) is 0 Å². The predicted octanol–water partition coefficient (Wildman–Crippen LogP) is 3.15. The molecule has 2 unspecified atom stereocenters. The van der Waals surface area contributed by atoms with E-state index in [4.69, 9.17) is 0 Å². The van der Waals surface area contributed by atoms with Crippen molar-refractivity contribution in [1.29, 1.82) is 0 Å². The van der Waals surface area contributed by atoms with Gasteiger partial charge < -0.3 is 5.11 Å². The molecular formula is C15H18N2O2S. The molecule has 3 rings (SSSR count). The summed E-state index contributed by atoms with van der Waals surface area (Å²) < 4.78 is 1.20. The summed E-state index contributed by atoms with van der Waals surface area (Å²) in [5.41, 5.74) is 1.03. The molecule has 1 N–H and O–H groups in total. The maximum Gasteiger partial charge on any atom is 0.307 e. The Labute approximate surface area is 122 Å². The zero-order valence-corrected chi connectivity index (χ0v) is 12.3. The van der Waals surface area contributed by atoms with Crippen LogP contribution in [0.5, 0.6) is 0 Å². The van der Waals surface area contributed by atoms with Gasteiger partial charge in [-0.3, -0.25) is 9.69 Å². The minimum atomic E-state index is -0.675. The zero-order valence-electron chi connectivity index (χ0n) is 11.5. The van der Waals surface area contributed by atoms with Crippen LogP contribution < -0.4 is 0 Å². The van der Waals surface area contributed by atoms with E-state index < -0.39 is 5.97 Å². The van der Waals surface area contributed by atoms with E-state index in [1.807, 2.05) is 18.2 Å². The van der Waals surface area contributed by atoms with Gasteiger partial charge in [-0.05, 0) is 38.4 Å². The lowest BCUT2D eigenvalue weighted by Crippen LogP contribution is -2.40. The van der Waals surface area contributed by atoms with Crippen LogP contribution in [0.2, 0.25) is 0 Å². The predicted molar refractivity (Wildman–Crippen MR) is 80.0 cm³/mol. The van der Waals surface area contributed by atoms with E-state index in [1.54, 1.807) is 11.3 Å². The van der Waals surface area contributed by atoms with Crippen LogP contribution in [0.15, 0.2) is 24.3 Å². The number of para-hydroxylation sites is 1. The lowest BCUT2D eigenvalue weighted by molar-refractivity contribution is -0.143. The van der Waals surface area contributed by atoms with E-state index >= 15 is 0 Å². The average Bonchev–Trinajstić information content (AvgIpc) is 2.90. The van der Waals surface area contributed by atoms with Crippen LogP contribution >= 0.6 is 11.3 Å². The fraction of sp³-hybridized carbons (Fsp3) is 0.467. The minimum Gasteiger partial charge on any atom is -0.481 e. The SMILES string of the molecule is CC(c1nc2ccccc2s1)N1CCCC(C(=O)O)C1. The molecule has 0 spiro atoms. The molecule has 1 saturated heterocycles. The van der Waals surface area contributed by atoms with Crippen molar-refractivity contribution in [2.45, 2.75) is 25.8 Å². The second-order valence-corrected chi connectivity index (χ2v) is 6.43. The van der Waals surface area contributed by atoms with Gasteiger partial charge in [0, 0.05) is 6.54 Å². The molecular weight excluding hydrogens is 272 g/mol. The van der Waals surface area contributed by atoms with Gasteiger partial charge in [0.05, 0.1) is 22.2 Å². The lowest BCUT2D eigenvalue weighted by atomic mass is 9.97. The highest BCUT2D eigenvalue weighted by Crippen LogP contribution is 2.31. The summed E-state index contributed by atoms with van der Waals surface area (Å²) in [6.07, 6.45) is 1.74. The number of aromatic nitrogens is 1. The van der Waals surface area contributed by atoms with Crippen LogP contribution in [0.1, 0.15) is 30.8 Å². The number of rotatable bonds is 3. The first-order valence-corrected chi connectivity index (χ1v) is 7.79. The van der Waals surface area contributed by atoms with E-state index in [0.717, 1.165) is 29.9 Å². The Morgan fingerprint density at radius 2 is 2.30 bits per heavy atom. The summed E-state index contributed by atoms with van der Waals surface area (Å²) >= 11 is 1.71. The van der Waals surface area contributed by atoms with Crippen molar-refractivity contribution >= 4 is 27.5 Å². The number of nitrogens with zero attached hydrogens (tertiary/aromatic N) is 2. The van der Waals surface area contributed by atoms with Crippen LogP contribution in [0.4, 0.5) is 0 Å². The van der Waals surface area contributed by atoms with E-state index in [9.17, 15) is 9.90 Å². The van der Waals surface area contributed by atoms with Gasteiger partial charge in [0.25, 0.3) is 0 Å². The number of hydrogen-bond acceptors (Lipinski definition) is 4. The van der Waals surface area contributed by atoms with Crippen LogP contribution in [-0.2, 0) is 4.79 Å². The number of carboxylic acids is 1. The highest BCUT2D eigenvalue weighted by molar-refractivity contribution is 7.18. The van der Waals surface area contributed by atoms with Crippen molar-refractivity contribution in [2.75, 3.05) is 13.1 Å². The first kappa shape index (κ1) is 13.5. The molecule has 1 aliphatic rings. The largest absolute Gasteiger partial charge is 0.481 e. The molecule has 1 aromatic carbocycles. The molecule has 4 nitrogen and oxygen atoms in total. The van der Waals surface area contributed by atoms with Crippen LogP contribution in [0, 0.1) is 5.92 Å². The molecule has 2 atom stereocenters. The Bertz CT molecular complexity index is 592. The van der Waals surface area contributed by atoms with E-state index in [2.05, 4.69) is 22.9 Å². The molecule has 0 aliphatic carbocycles. The first-order chi connectivity index (χ1) is 9.65. The van der Waals surface area contributed by atoms with Crippen molar-refractivity contribution in [3.8, 4) is 0 Å². The van der Waals surface area contributed by atoms with E-state index in [0.29, 0.717) is 6.54 Å². The molecule has 1 fully saturated rings. The van der Waals surface area contributed by atoms with Crippen molar-refractivity contribution in [1.82, 2.24) is 9.88 Å². The van der Waals surface area contributed by atoms with Crippen LogP contribution in [0.25, 0.3) is 10.2 Å². The van der Waals surface area contributed by atoms with Gasteiger partial charge in [0.2, 0.25) is 0 Å². The fourth-order valence-electron chi connectivity index (χ4n) is 2.78. The van der Waals surface area contributed by atoms with Gasteiger partial charge in [0.1, 0.15) is 5.01 Å². The van der Waals surface area contributed by atoms with Crippen molar-refractivity contribution in [2.24, 2.45) is 5.92 Å². The maximum absolute atomic E-state index is 11.2. The van der Waals surface area contributed by atoms with Gasteiger partial charge in [0.15, 0.2) is 0 Å². The number of benzene rings is 1. The molecule has 20 heavy (non-hydrogen) atoms. The van der Waals surface area contributed by atoms with Gasteiger partial charge in [-0.2, -0.15) is 0 Å². The Kier molecular flexibility index (Phi) is 3.72. The fourth-order valence-corrected chi connectivity index (χ4v) is 3.84. The first-order valence-electron chi connectivity index (χ1n) is 6.97. The lowest BCUT2D eigenvalue weighted by Gasteiger charge is -2.34. The van der Waals surface area contributed by atoms with Gasteiger partial charge in [-0.1, -0.05) is 12.1 Å². The summed E-state index contributed by atoms with van der Waals surface area (Å²) in [5, 5.41) is 10.3. The number of aliphatic carboxylic acids is 1. The second kappa shape index (κ2) is 5.50. The third-order valence-electron chi connectivity index (χ3n) is 4.02.